The zero-order valence-corrected chi connectivity index (χ0v) is 17.0. The third kappa shape index (κ3) is 8.07. The topological polar surface area (TPSA) is 69.7 Å². The molecule has 25 heavy (non-hydrogen) atoms. The maximum Gasteiger partial charge on any atom is 0.232 e. The van der Waals surface area contributed by atoms with Gasteiger partial charge < -0.3 is 10.2 Å². The van der Waals surface area contributed by atoms with Crippen molar-refractivity contribution in [2.24, 2.45) is 0 Å². The second kappa shape index (κ2) is 9.99. The van der Waals surface area contributed by atoms with Gasteiger partial charge in [0.1, 0.15) is 0 Å². The van der Waals surface area contributed by atoms with Crippen molar-refractivity contribution >= 4 is 33.2 Å². The molecule has 142 valence electrons. The molecule has 1 aromatic carbocycles. The molecule has 1 aromatic rings. The van der Waals surface area contributed by atoms with Crippen LogP contribution in [0.4, 0.5) is 5.69 Å². The Morgan fingerprint density at radius 1 is 1.20 bits per heavy atom. The molecule has 1 rings (SSSR count). The van der Waals surface area contributed by atoms with Crippen molar-refractivity contribution in [1.29, 1.82) is 0 Å². The first-order chi connectivity index (χ1) is 11.6. The van der Waals surface area contributed by atoms with Gasteiger partial charge in [-0.3, -0.25) is 9.10 Å². The first-order valence-corrected chi connectivity index (χ1v) is 10.5. The zero-order chi connectivity index (χ0) is 19.0. The van der Waals surface area contributed by atoms with Crippen molar-refractivity contribution in [1.82, 2.24) is 10.2 Å². The highest BCUT2D eigenvalue weighted by molar-refractivity contribution is 7.92. The van der Waals surface area contributed by atoms with E-state index in [1.165, 1.54) is 4.31 Å². The lowest BCUT2D eigenvalue weighted by Gasteiger charge is -2.24. The molecule has 8 heteroatoms. The predicted octanol–water partition coefficient (Wildman–Crippen LogP) is 2.26. The predicted molar refractivity (Wildman–Crippen MR) is 104 cm³/mol. The molecule has 0 spiro atoms. The van der Waals surface area contributed by atoms with Gasteiger partial charge in [-0.2, -0.15) is 0 Å². The summed E-state index contributed by atoms with van der Waals surface area (Å²) in [6.45, 7) is 3.61. The first kappa shape index (κ1) is 21.7. The number of anilines is 1. The van der Waals surface area contributed by atoms with Gasteiger partial charge in [0.15, 0.2) is 0 Å². The largest absolute Gasteiger partial charge is 0.356 e. The molecule has 1 amide bonds. The Morgan fingerprint density at radius 2 is 1.88 bits per heavy atom. The summed E-state index contributed by atoms with van der Waals surface area (Å²) in [4.78, 5) is 13.9. The van der Waals surface area contributed by atoms with Gasteiger partial charge in [0.25, 0.3) is 0 Å². The van der Waals surface area contributed by atoms with E-state index >= 15 is 0 Å². The number of rotatable bonds is 10. The minimum atomic E-state index is -3.45. The Morgan fingerprint density at radius 3 is 2.48 bits per heavy atom. The van der Waals surface area contributed by atoms with Crippen molar-refractivity contribution in [3.05, 3.63) is 28.8 Å². The summed E-state index contributed by atoms with van der Waals surface area (Å²) in [5.74, 6) is -0.0602. The quantitative estimate of drug-likeness (QED) is 0.623. The number of halogens is 1. The summed E-state index contributed by atoms with van der Waals surface area (Å²) in [6, 6.07) is 5.15. The Labute approximate surface area is 156 Å². The average Bonchev–Trinajstić information content (AvgIpc) is 2.49. The summed E-state index contributed by atoms with van der Waals surface area (Å²) in [6.07, 6.45) is 2.77. The van der Waals surface area contributed by atoms with E-state index in [4.69, 9.17) is 11.6 Å². The van der Waals surface area contributed by atoms with Crippen LogP contribution in [0.25, 0.3) is 0 Å². The summed E-state index contributed by atoms with van der Waals surface area (Å²) in [5.41, 5.74) is 1.38. The van der Waals surface area contributed by atoms with Crippen LogP contribution in [0.5, 0.6) is 0 Å². The van der Waals surface area contributed by atoms with Crippen molar-refractivity contribution in [2.45, 2.75) is 26.2 Å². The minimum Gasteiger partial charge on any atom is -0.356 e. The van der Waals surface area contributed by atoms with Gasteiger partial charge in [-0.05, 0) is 58.1 Å². The number of amides is 1. The molecule has 0 aromatic heterocycles. The third-order valence-electron chi connectivity index (χ3n) is 3.71. The van der Waals surface area contributed by atoms with Crippen LogP contribution < -0.4 is 9.62 Å². The number of nitrogens with one attached hydrogen (secondary N) is 1. The molecular formula is C17H28ClN3O3S. The van der Waals surface area contributed by atoms with Crippen molar-refractivity contribution in [2.75, 3.05) is 44.3 Å². The highest BCUT2D eigenvalue weighted by Crippen LogP contribution is 2.26. The van der Waals surface area contributed by atoms with Crippen molar-refractivity contribution in [3.8, 4) is 0 Å². The monoisotopic (exact) mass is 389 g/mol. The molecule has 0 fully saturated rings. The fourth-order valence-corrected chi connectivity index (χ4v) is 3.59. The molecule has 0 heterocycles. The molecule has 0 aliphatic rings. The zero-order valence-electron chi connectivity index (χ0n) is 15.4. The van der Waals surface area contributed by atoms with Crippen LogP contribution in [0, 0.1) is 6.92 Å². The second-order valence-electron chi connectivity index (χ2n) is 6.38. The Kier molecular flexibility index (Phi) is 8.68. The standard InChI is InChI=1S/C17H28ClN3O3S/c1-14-8-9-15(18)13-16(14)21(25(4,23)24)12-5-7-17(22)19-10-6-11-20(2)3/h8-9,13H,5-7,10-12H2,1-4H3,(H,19,22). The van der Waals surface area contributed by atoms with Gasteiger partial charge in [0.05, 0.1) is 11.9 Å². The number of sulfonamides is 1. The van der Waals surface area contributed by atoms with Crippen LogP contribution in [0.3, 0.4) is 0 Å². The minimum absolute atomic E-state index is 0.0602. The van der Waals surface area contributed by atoms with Crippen LogP contribution in [0.15, 0.2) is 18.2 Å². The molecule has 0 bridgehead atoms. The van der Waals surface area contributed by atoms with Gasteiger partial charge in [0, 0.05) is 24.5 Å². The summed E-state index contributed by atoms with van der Waals surface area (Å²) in [5, 5.41) is 3.34. The fourth-order valence-electron chi connectivity index (χ4n) is 2.41. The highest BCUT2D eigenvalue weighted by Gasteiger charge is 2.19. The fraction of sp³-hybridized carbons (Fsp3) is 0.588. The molecule has 0 aliphatic carbocycles. The van der Waals surface area contributed by atoms with E-state index < -0.39 is 10.0 Å². The van der Waals surface area contributed by atoms with Gasteiger partial charge in [-0.1, -0.05) is 17.7 Å². The number of hydrogen-bond donors (Lipinski definition) is 1. The number of hydrogen-bond acceptors (Lipinski definition) is 4. The molecular weight excluding hydrogens is 362 g/mol. The molecule has 1 N–H and O–H groups in total. The van der Waals surface area contributed by atoms with E-state index in [1.54, 1.807) is 18.2 Å². The van der Waals surface area contributed by atoms with E-state index in [2.05, 4.69) is 10.2 Å². The van der Waals surface area contributed by atoms with Crippen LogP contribution in [-0.2, 0) is 14.8 Å². The molecule has 0 atom stereocenters. The lowest BCUT2D eigenvalue weighted by atomic mass is 10.2. The van der Waals surface area contributed by atoms with E-state index in [-0.39, 0.29) is 18.9 Å². The molecule has 0 aliphatic heterocycles. The van der Waals surface area contributed by atoms with E-state index in [1.807, 2.05) is 21.0 Å². The Hall–Kier alpha value is -1.31. The number of carbonyl (C=O) groups excluding carboxylic acids is 1. The molecule has 0 radical (unpaired) electrons. The van der Waals surface area contributed by atoms with Crippen molar-refractivity contribution < 1.29 is 13.2 Å². The van der Waals surface area contributed by atoms with Crippen LogP contribution >= 0.6 is 11.6 Å². The Bertz CT molecular complexity index is 678. The van der Waals surface area contributed by atoms with Crippen LogP contribution in [0.1, 0.15) is 24.8 Å². The normalized spacial score (nSPS) is 11.6. The molecule has 0 saturated heterocycles. The lowest BCUT2D eigenvalue weighted by molar-refractivity contribution is -0.121. The average molecular weight is 390 g/mol. The number of benzene rings is 1. The van der Waals surface area contributed by atoms with E-state index in [9.17, 15) is 13.2 Å². The van der Waals surface area contributed by atoms with Crippen LogP contribution in [-0.4, -0.2) is 59.2 Å². The van der Waals surface area contributed by atoms with Crippen molar-refractivity contribution in [3.63, 3.8) is 0 Å². The first-order valence-electron chi connectivity index (χ1n) is 8.26. The third-order valence-corrected chi connectivity index (χ3v) is 5.12. The second-order valence-corrected chi connectivity index (χ2v) is 8.72. The number of aryl methyl sites for hydroxylation is 1. The highest BCUT2D eigenvalue weighted by atomic mass is 35.5. The summed E-state index contributed by atoms with van der Waals surface area (Å²) in [7, 11) is 0.523. The molecule has 0 saturated carbocycles. The van der Waals surface area contributed by atoms with Gasteiger partial charge in [-0.25, -0.2) is 8.42 Å². The van der Waals surface area contributed by atoms with Crippen LogP contribution in [0.2, 0.25) is 5.02 Å². The Balaban J connectivity index is 2.58. The lowest BCUT2D eigenvalue weighted by Crippen LogP contribution is -2.33. The summed E-state index contributed by atoms with van der Waals surface area (Å²) < 4.78 is 25.6. The SMILES string of the molecule is Cc1ccc(Cl)cc1N(CCCC(=O)NCCCN(C)C)S(C)(=O)=O. The van der Waals surface area contributed by atoms with E-state index in [0.29, 0.717) is 23.7 Å². The van der Waals surface area contributed by atoms with Gasteiger partial charge >= 0.3 is 0 Å². The number of carbonyl (C=O) groups is 1. The smallest absolute Gasteiger partial charge is 0.232 e. The molecule has 0 unspecified atom stereocenters. The molecule has 6 nitrogen and oxygen atoms in total. The maximum atomic E-state index is 12.1. The van der Waals surface area contributed by atoms with Gasteiger partial charge in [-0.15, -0.1) is 0 Å². The van der Waals surface area contributed by atoms with Gasteiger partial charge in [0.2, 0.25) is 15.9 Å². The maximum absolute atomic E-state index is 12.1. The number of nitrogens with zero attached hydrogens (tertiary/aromatic N) is 2. The summed E-state index contributed by atoms with van der Waals surface area (Å²) >= 11 is 6.00. The van der Waals surface area contributed by atoms with E-state index in [0.717, 1.165) is 24.8 Å².